The van der Waals surface area contributed by atoms with Crippen LogP contribution >= 0.6 is 0 Å². The first-order chi connectivity index (χ1) is 41.0. The van der Waals surface area contributed by atoms with E-state index in [9.17, 15) is 14.4 Å². The van der Waals surface area contributed by atoms with Crippen LogP contribution in [0.5, 0.6) is 0 Å². The molecule has 1 unspecified atom stereocenters. The maximum atomic E-state index is 12.9. The number of carbonyl (C=O) groups is 3. The Morgan fingerprint density at radius 2 is 0.434 bits per heavy atom. The Balaban J connectivity index is 4.06. The lowest BCUT2D eigenvalue weighted by Gasteiger charge is -2.18. The van der Waals surface area contributed by atoms with Crippen molar-refractivity contribution in [1.82, 2.24) is 0 Å². The molecule has 0 saturated carbocycles. The van der Waals surface area contributed by atoms with Gasteiger partial charge in [-0.1, -0.05) is 359 Å². The monoisotopic (exact) mass is 1170 g/mol. The van der Waals surface area contributed by atoms with Gasteiger partial charge in [0.25, 0.3) is 0 Å². The summed E-state index contributed by atoms with van der Waals surface area (Å²) in [7, 11) is 0. The van der Waals surface area contributed by atoms with E-state index in [1.807, 2.05) is 0 Å². The normalized spacial score (nSPS) is 12.2. The topological polar surface area (TPSA) is 78.9 Å². The number of hydrogen-bond donors (Lipinski definition) is 0. The van der Waals surface area contributed by atoms with Gasteiger partial charge in [-0.05, 0) is 77.0 Å². The van der Waals surface area contributed by atoms with Gasteiger partial charge in [0.2, 0.25) is 0 Å². The molecule has 0 aromatic rings. The number of esters is 3. The fourth-order valence-electron chi connectivity index (χ4n) is 11.5. The fourth-order valence-corrected chi connectivity index (χ4v) is 11.5. The summed E-state index contributed by atoms with van der Waals surface area (Å²) in [6, 6.07) is 0. The number of unbranched alkanes of at least 4 members (excludes halogenated alkanes) is 53. The van der Waals surface area contributed by atoms with E-state index in [4.69, 9.17) is 14.2 Å². The second-order valence-electron chi connectivity index (χ2n) is 25.6. The molecule has 0 heterocycles. The van der Waals surface area contributed by atoms with Crippen molar-refractivity contribution in [2.45, 2.75) is 425 Å². The standard InChI is InChI=1S/C77H144O6/c1-4-7-10-13-16-19-21-23-25-27-29-31-33-35-36-37-38-39-40-42-43-45-47-49-51-53-55-58-61-64-67-70-76(79)82-73-74(72-81-75(78)69-66-63-60-57-18-15-12-9-6-3)83-77(80)71-68-65-62-59-56-54-52-50-48-46-44-41-34-32-30-28-26-24-22-20-17-14-11-8-5-2/h22,24,27-30,74H,4-21,23,25-26,31-73H2,1-3H3/b24-22-,29-27-,30-28-. The smallest absolute Gasteiger partial charge is 0.306 e. The van der Waals surface area contributed by atoms with E-state index in [0.29, 0.717) is 19.3 Å². The highest BCUT2D eigenvalue weighted by Crippen LogP contribution is 2.19. The molecular weight excluding hydrogens is 1020 g/mol. The van der Waals surface area contributed by atoms with Gasteiger partial charge in [0.1, 0.15) is 13.2 Å². The molecule has 0 aliphatic rings. The summed E-state index contributed by atoms with van der Waals surface area (Å²) >= 11 is 0. The lowest BCUT2D eigenvalue weighted by atomic mass is 10.0. The van der Waals surface area contributed by atoms with E-state index in [1.165, 1.54) is 315 Å². The van der Waals surface area contributed by atoms with Crippen LogP contribution in [0.4, 0.5) is 0 Å². The Morgan fingerprint density at radius 3 is 0.675 bits per heavy atom. The first-order valence-electron chi connectivity index (χ1n) is 37.5. The van der Waals surface area contributed by atoms with Gasteiger partial charge < -0.3 is 14.2 Å². The van der Waals surface area contributed by atoms with Gasteiger partial charge in [-0.2, -0.15) is 0 Å². The molecule has 0 bridgehead atoms. The summed E-state index contributed by atoms with van der Waals surface area (Å²) in [5, 5.41) is 0. The van der Waals surface area contributed by atoms with Crippen molar-refractivity contribution < 1.29 is 28.6 Å². The minimum atomic E-state index is -0.769. The molecule has 0 aliphatic carbocycles. The van der Waals surface area contributed by atoms with E-state index in [2.05, 4.69) is 57.2 Å². The molecule has 0 aromatic heterocycles. The predicted molar refractivity (Wildman–Crippen MR) is 362 cm³/mol. The molecule has 0 saturated heterocycles. The molecule has 0 rings (SSSR count). The van der Waals surface area contributed by atoms with Crippen molar-refractivity contribution in [2.75, 3.05) is 13.2 Å². The van der Waals surface area contributed by atoms with E-state index >= 15 is 0 Å². The molecule has 0 fully saturated rings. The Morgan fingerprint density at radius 1 is 0.241 bits per heavy atom. The predicted octanol–water partition coefficient (Wildman–Crippen LogP) is 25.9. The maximum Gasteiger partial charge on any atom is 0.306 e. The highest BCUT2D eigenvalue weighted by Gasteiger charge is 2.20. The Hall–Kier alpha value is -2.37. The quantitative estimate of drug-likeness (QED) is 0.0261. The summed E-state index contributed by atoms with van der Waals surface area (Å²) in [6.45, 7) is 6.68. The molecule has 6 heteroatoms. The molecular formula is C77H144O6. The minimum Gasteiger partial charge on any atom is -0.462 e. The van der Waals surface area contributed by atoms with Gasteiger partial charge in [-0.15, -0.1) is 0 Å². The second-order valence-corrected chi connectivity index (χ2v) is 25.6. The summed E-state index contributed by atoms with van der Waals surface area (Å²) in [4.78, 5) is 38.3. The summed E-state index contributed by atoms with van der Waals surface area (Å²) in [5.41, 5.74) is 0. The third kappa shape index (κ3) is 70.3. The molecule has 6 nitrogen and oxygen atoms in total. The third-order valence-corrected chi connectivity index (χ3v) is 17.1. The van der Waals surface area contributed by atoms with Crippen molar-refractivity contribution in [3.05, 3.63) is 36.5 Å². The van der Waals surface area contributed by atoms with Crippen LogP contribution in [0, 0.1) is 0 Å². The van der Waals surface area contributed by atoms with Crippen molar-refractivity contribution in [1.29, 1.82) is 0 Å². The van der Waals surface area contributed by atoms with E-state index in [1.54, 1.807) is 0 Å². The first kappa shape index (κ1) is 80.6. The molecule has 83 heavy (non-hydrogen) atoms. The molecule has 0 radical (unpaired) electrons. The average Bonchev–Trinajstić information content (AvgIpc) is 3.49. The average molecular weight is 1170 g/mol. The lowest BCUT2D eigenvalue weighted by molar-refractivity contribution is -0.167. The van der Waals surface area contributed by atoms with E-state index in [-0.39, 0.29) is 31.1 Å². The fraction of sp³-hybridized carbons (Fsp3) is 0.883. The van der Waals surface area contributed by atoms with Gasteiger partial charge in [0.05, 0.1) is 0 Å². The van der Waals surface area contributed by atoms with Crippen LogP contribution in [0.1, 0.15) is 419 Å². The van der Waals surface area contributed by atoms with Crippen LogP contribution in [0.3, 0.4) is 0 Å². The number of allylic oxidation sites excluding steroid dienone is 6. The molecule has 0 N–H and O–H groups in total. The van der Waals surface area contributed by atoms with Gasteiger partial charge >= 0.3 is 17.9 Å². The SMILES string of the molecule is CCCCCCC/C=C\C/C=C\CCCCCCCCCCCCCCCC(=O)OC(COC(=O)CCCCCCCCCCC)COC(=O)CCCCCCCCCCCCCCCCCCCCC/C=C\CCCCCCCCCC. The van der Waals surface area contributed by atoms with Gasteiger partial charge in [0, 0.05) is 19.3 Å². The molecule has 0 aliphatic heterocycles. The first-order valence-corrected chi connectivity index (χ1v) is 37.5. The second kappa shape index (κ2) is 72.1. The molecule has 0 aromatic carbocycles. The third-order valence-electron chi connectivity index (χ3n) is 17.1. The zero-order valence-electron chi connectivity index (χ0n) is 56.2. The summed E-state index contributed by atoms with van der Waals surface area (Å²) in [5.74, 6) is -0.840. The summed E-state index contributed by atoms with van der Waals surface area (Å²) < 4.78 is 17.0. The Bertz CT molecular complexity index is 1380. The van der Waals surface area contributed by atoms with Crippen LogP contribution in [0.15, 0.2) is 36.5 Å². The summed E-state index contributed by atoms with van der Waals surface area (Å²) in [6.07, 6.45) is 90.7. The van der Waals surface area contributed by atoms with Gasteiger partial charge in [-0.3, -0.25) is 14.4 Å². The van der Waals surface area contributed by atoms with Crippen molar-refractivity contribution in [2.24, 2.45) is 0 Å². The Kier molecular flexibility index (Phi) is 70.0. The van der Waals surface area contributed by atoms with Crippen LogP contribution in [0.2, 0.25) is 0 Å². The highest BCUT2D eigenvalue weighted by molar-refractivity contribution is 5.71. The van der Waals surface area contributed by atoms with Crippen LogP contribution in [-0.2, 0) is 28.6 Å². The molecule has 488 valence electrons. The van der Waals surface area contributed by atoms with Gasteiger partial charge in [0.15, 0.2) is 6.10 Å². The number of rotatable bonds is 70. The number of ether oxygens (including phenoxy) is 3. The maximum absolute atomic E-state index is 12.9. The van der Waals surface area contributed by atoms with Crippen LogP contribution < -0.4 is 0 Å². The van der Waals surface area contributed by atoms with Crippen molar-refractivity contribution in [3.8, 4) is 0 Å². The highest BCUT2D eigenvalue weighted by atomic mass is 16.6. The lowest BCUT2D eigenvalue weighted by Crippen LogP contribution is -2.30. The number of carbonyl (C=O) groups excluding carboxylic acids is 3. The minimum absolute atomic E-state index is 0.0663. The van der Waals surface area contributed by atoms with Gasteiger partial charge in [-0.25, -0.2) is 0 Å². The van der Waals surface area contributed by atoms with Crippen LogP contribution in [0.25, 0.3) is 0 Å². The largest absolute Gasteiger partial charge is 0.462 e. The zero-order chi connectivity index (χ0) is 59.9. The van der Waals surface area contributed by atoms with Crippen molar-refractivity contribution in [3.63, 3.8) is 0 Å². The molecule has 1 atom stereocenters. The number of hydrogen-bond acceptors (Lipinski definition) is 6. The van der Waals surface area contributed by atoms with E-state index in [0.717, 1.165) is 64.2 Å². The van der Waals surface area contributed by atoms with Crippen molar-refractivity contribution >= 4 is 17.9 Å². The molecule has 0 amide bonds. The van der Waals surface area contributed by atoms with E-state index < -0.39 is 6.10 Å². The molecule has 0 spiro atoms. The zero-order valence-corrected chi connectivity index (χ0v) is 56.2. The Labute approximate surface area is 518 Å². The van der Waals surface area contributed by atoms with Crippen LogP contribution in [-0.4, -0.2) is 37.2 Å².